The van der Waals surface area contributed by atoms with Gasteiger partial charge in [0.2, 0.25) is 0 Å². The molecule has 4 aromatic carbocycles. The van der Waals surface area contributed by atoms with Crippen LogP contribution < -0.4 is 11.3 Å². The fourth-order valence-corrected chi connectivity index (χ4v) is 4.65. The average molecular weight is 420 g/mol. The summed E-state index contributed by atoms with van der Waals surface area (Å²) < 4.78 is 31.0. The third-order valence-corrected chi connectivity index (χ3v) is 6.09. The summed E-state index contributed by atoms with van der Waals surface area (Å²) in [6, 6.07) is 19.9. The van der Waals surface area contributed by atoms with Crippen LogP contribution in [0.5, 0.6) is 0 Å². The van der Waals surface area contributed by atoms with Crippen molar-refractivity contribution in [2.75, 3.05) is 5.43 Å². The Morgan fingerprint density at radius 3 is 2.13 bits per heavy atom. The van der Waals surface area contributed by atoms with Gasteiger partial charge in [0.15, 0.2) is 6.29 Å². The molecule has 0 saturated carbocycles. The Balaban J connectivity index is 1.82. The van der Waals surface area contributed by atoms with Gasteiger partial charge < -0.3 is 9.61 Å². The third-order valence-electron chi connectivity index (χ3n) is 4.77. The average Bonchev–Trinajstić information content (AvgIpc) is 2.76. The minimum Gasteiger partial charge on any atom is -0.338 e. The van der Waals surface area contributed by atoms with Crippen molar-refractivity contribution in [1.29, 1.82) is 0 Å². The highest BCUT2D eigenvalue weighted by Crippen LogP contribution is 2.31. The number of benzene rings is 4. The molecule has 4 rings (SSSR count). The molecule has 150 valence electrons. The fraction of sp³-hybridized carbons (Fsp3) is 0. The summed E-state index contributed by atoms with van der Waals surface area (Å²) in [6.07, 6.45) is 0.413. The van der Waals surface area contributed by atoms with Gasteiger partial charge in [-0.3, -0.25) is 10.6 Å². The van der Waals surface area contributed by atoms with Crippen molar-refractivity contribution in [1.82, 2.24) is 0 Å². The lowest BCUT2D eigenvalue weighted by atomic mass is 10.0. The van der Waals surface area contributed by atoms with Crippen molar-refractivity contribution in [2.45, 2.75) is 4.90 Å². The van der Waals surface area contributed by atoms with Crippen LogP contribution in [-0.4, -0.2) is 20.7 Å². The van der Waals surface area contributed by atoms with Crippen molar-refractivity contribution in [3.05, 3.63) is 83.9 Å². The Hall–Kier alpha value is -3.75. The molecule has 7 nitrogen and oxygen atoms in total. The zero-order chi connectivity index (χ0) is 21.3. The standard InChI is InChI=1S/C22H16N2O5S/c23-24-20-17-7-3-1-5-14(17)11-12-19(20)22(26)29-30(27,28)21-16(13-25)10-9-15-6-2-4-8-18(15)21/h1-13,24H,23H2. The molecule has 0 amide bonds. The molecule has 30 heavy (non-hydrogen) atoms. The maximum Gasteiger partial charge on any atom is 0.356 e. The van der Waals surface area contributed by atoms with Crippen LogP contribution in [-0.2, 0) is 14.3 Å². The number of nitrogens with one attached hydrogen (secondary N) is 1. The van der Waals surface area contributed by atoms with Crippen molar-refractivity contribution in [3.63, 3.8) is 0 Å². The summed E-state index contributed by atoms with van der Waals surface area (Å²) in [5.74, 6) is 4.48. The second-order valence-corrected chi connectivity index (χ2v) is 7.98. The van der Waals surface area contributed by atoms with Crippen LogP contribution in [0.15, 0.2) is 77.7 Å². The molecular weight excluding hydrogens is 404 g/mol. The monoisotopic (exact) mass is 420 g/mol. The molecule has 0 saturated heterocycles. The topological polar surface area (TPSA) is 116 Å². The first kappa shape index (κ1) is 19.6. The molecule has 4 aromatic rings. The zero-order valence-corrected chi connectivity index (χ0v) is 16.3. The van der Waals surface area contributed by atoms with Gasteiger partial charge >= 0.3 is 16.1 Å². The minimum absolute atomic E-state index is 0.0485. The lowest BCUT2D eigenvalue weighted by molar-refractivity contribution is 0.0747. The Morgan fingerprint density at radius 2 is 1.47 bits per heavy atom. The third kappa shape index (κ3) is 3.28. The van der Waals surface area contributed by atoms with E-state index in [4.69, 9.17) is 10.0 Å². The summed E-state index contributed by atoms with van der Waals surface area (Å²) in [5, 5.41) is 2.31. The number of carbonyl (C=O) groups is 2. The van der Waals surface area contributed by atoms with Crippen LogP contribution in [0.1, 0.15) is 20.7 Å². The molecule has 0 bridgehead atoms. The van der Waals surface area contributed by atoms with Crippen molar-refractivity contribution >= 4 is 49.6 Å². The Morgan fingerprint density at radius 1 is 0.867 bits per heavy atom. The van der Waals surface area contributed by atoms with Gasteiger partial charge in [-0.05, 0) is 22.9 Å². The maximum atomic E-state index is 13.0. The first-order valence-electron chi connectivity index (χ1n) is 8.90. The van der Waals surface area contributed by atoms with Crippen molar-refractivity contribution in [3.8, 4) is 0 Å². The Kier molecular flexibility index (Phi) is 4.94. The van der Waals surface area contributed by atoms with Crippen LogP contribution in [0, 0.1) is 0 Å². The quantitative estimate of drug-likeness (QED) is 0.219. The minimum atomic E-state index is -4.60. The number of hydrogen-bond donors (Lipinski definition) is 2. The summed E-state index contributed by atoms with van der Waals surface area (Å²) in [7, 11) is -4.60. The highest BCUT2D eigenvalue weighted by molar-refractivity contribution is 7.87. The Bertz CT molecular complexity index is 1410. The van der Waals surface area contributed by atoms with Crippen LogP contribution in [0.4, 0.5) is 5.69 Å². The number of aldehydes is 1. The van der Waals surface area contributed by atoms with E-state index >= 15 is 0 Å². The van der Waals surface area contributed by atoms with Crippen LogP contribution in [0.25, 0.3) is 21.5 Å². The van der Waals surface area contributed by atoms with Crippen LogP contribution in [0.2, 0.25) is 0 Å². The molecular formula is C22H16N2O5S. The predicted molar refractivity (Wildman–Crippen MR) is 114 cm³/mol. The molecule has 0 unspecified atom stereocenters. The van der Waals surface area contributed by atoms with E-state index in [2.05, 4.69) is 5.43 Å². The molecule has 0 aliphatic heterocycles. The molecule has 3 N–H and O–H groups in total. The van der Waals surface area contributed by atoms with Gasteiger partial charge in [0.1, 0.15) is 4.90 Å². The molecule has 0 spiro atoms. The molecule has 0 aromatic heterocycles. The second kappa shape index (κ2) is 7.58. The highest BCUT2D eigenvalue weighted by atomic mass is 32.2. The number of hydrazine groups is 1. The normalized spacial score (nSPS) is 11.4. The molecule has 0 atom stereocenters. The number of nitrogen functional groups attached to an aromatic ring is 1. The number of hydrogen-bond acceptors (Lipinski definition) is 7. The van der Waals surface area contributed by atoms with Gasteiger partial charge in [-0.15, -0.1) is 0 Å². The highest BCUT2D eigenvalue weighted by Gasteiger charge is 2.28. The zero-order valence-electron chi connectivity index (χ0n) is 15.5. The lowest BCUT2D eigenvalue weighted by Gasteiger charge is -2.14. The number of carbonyl (C=O) groups excluding carboxylic acids is 2. The van der Waals surface area contributed by atoms with E-state index in [1.165, 1.54) is 12.1 Å². The molecule has 0 heterocycles. The Labute approximate surface area is 172 Å². The number of fused-ring (bicyclic) bond motifs is 2. The van der Waals surface area contributed by atoms with Crippen molar-refractivity contribution in [2.24, 2.45) is 5.84 Å². The largest absolute Gasteiger partial charge is 0.356 e. The van der Waals surface area contributed by atoms with E-state index in [9.17, 15) is 18.0 Å². The first-order chi connectivity index (χ1) is 14.5. The summed E-state index contributed by atoms with van der Waals surface area (Å²) in [6.45, 7) is 0. The summed E-state index contributed by atoms with van der Waals surface area (Å²) in [4.78, 5) is 23.9. The summed E-state index contributed by atoms with van der Waals surface area (Å²) in [5.41, 5.74) is 2.53. The van der Waals surface area contributed by atoms with Gasteiger partial charge in [-0.2, -0.15) is 8.42 Å². The predicted octanol–water partition coefficient (Wildman–Crippen LogP) is 3.64. The number of nitrogens with two attached hydrogens (primary N) is 1. The van der Waals surface area contributed by atoms with Gasteiger partial charge in [0, 0.05) is 16.3 Å². The van der Waals surface area contributed by atoms with E-state index < -0.39 is 16.1 Å². The van der Waals surface area contributed by atoms with E-state index in [0.717, 1.165) is 5.39 Å². The van der Waals surface area contributed by atoms with E-state index in [1.54, 1.807) is 48.5 Å². The van der Waals surface area contributed by atoms with Crippen molar-refractivity contribution < 1.29 is 22.2 Å². The fourth-order valence-electron chi connectivity index (χ4n) is 3.42. The van der Waals surface area contributed by atoms with E-state index in [0.29, 0.717) is 17.1 Å². The number of anilines is 1. The first-order valence-corrected chi connectivity index (χ1v) is 10.3. The lowest BCUT2D eigenvalue weighted by Crippen LogP contribution is -2.18. The van der Waals surface area contributed by atoms with E-state index in [1.807, 2.05) is 12.1 Å². The smallest absolute Gasteiger partial charge is 0.338 e. The van der Waals surface area contributed by atoms with Crippen LogP contribution >= 0.6 is 0 Å². The van der Waals surface area contributed by atoms with Gasteiger partial charge in [0.05, 0.1) is 11.3 Å². The van der Waals surface area contributed by atoms with E-state index in [-0.39, 0.29) is 27.1 Å². The molecule has 0 fully saturated rings. The molecule has 0 aliphatic carbocycles. The summed E-state index contributed by atoms with van der Waals surface area (Å²) >= 11 is 0. The van der Waals surface area contributed by atoms with Gasteiger partial charge in [0.25, 0.3) is 0 Å². The number of rotatable bonds is 5. The second-order valence-electron chi connectivity index (χ2n) is 6.50. The van der Waals surface area contributed by atoms with Gasteiger partial charge in [-0.25, -0.2) is 4.79 Å². The van der Waals surface area contributed by atoms with Gasteiger partial charge in [-0.1, -0.05) is 60.7 Å². The van der Waals surface area contributed by atoms with Crippen LogP contribution in [0.3, 0.4) is 0 Å². The molecule has 8 heteroatoms. The maximum absolute atomic E-state index is 13.0. The molecule has 0 radical (unpaired) electrons. The SMILES string of the molecule is NNc1c(C(=O)OS(=O)(=O)c2c(C=O)ccc3ccccc23)ccc2ccccc12. The molecule has 0 aliphatic rings.